The van der Waals surface area contributed by atoms with Crippen LogP contribution in [0.25, 0.3) is 0 Å². The van der Waals surface area contributed by atoms with E-state index >= 15 is 0 Å². The van der Waals surface area contributed by atoms with E-state index in [1.807, 2.05) is 0 Å². The first-order valence-corrected chi connectivity index (χ1v) is 6.94. The van der Waals surface area contributed by atoms with E-state index in [0.717, 1.165) is 0 Å². The van der Waals surface area contributed by atoms with Crippen molar-refractivity contribution in [3.8, 4) is 0 Å². The van der Waals surface area contributed by atoms with E-state index in [0.29, 0.717) is 11.3 Å². The predicted octanol–water partition coefficient (Wildman–Crippen LogP) is -0.878. The van der Waals surface area contributed by atoms with Gasteiger partial charge < -0.3 is 5.11 Å². The Hall–Kier alpha value is -1.57. The molecular formula is C9H12N2O5S. The second-order valence-electron chi connectivity index (χ2n) is 4.01. The lowest BCUT2D eigenvalue weighted by molar-refractivity contribution is -0.137. The lowest BCUT2D eigenvalue weighted by Gasteiger charge is -2.09. The van der Waals surface area contributed by atoms with Crippen molar-refractivity contribution < 1.29 is 18.3 Å². The monoisotopic (exact) mass is 260 g/mol. The van der Waals surface area contributed by atoms with Gasteiger partial charge in [0.25, 0.3) is 5.56 Å². The lowest BCUT2D eigenvalue weighted by Crippen LogP contribution is -2.24. The van der Waals surface area contributed by atoms with Crippen molar-refractivity contribution in [1.29, 1.82) is 0 Å². The van der Waals surface area contributed by atoms with E-state index in [1.165, 1.54) is 4.68 Å². The third kappa shape index (κ3) is 2.41. The molecule has 0 amide bonds. The van der Waals surface area contributed by atoms with Gasteiger partial charge in [0.05, 0.1) is 30.2 Å². The number of H-pyrrole nitrogens is 1. The van der Waals surface area contributed by atoms with Crippen molar-refractivity contribution in [2.75, 3.05) is 5.75 Å². The molecule has 0 unspecified atom stereocenters. The van der Waals surface area contributed by atoms with Crippen LogP contribution in [0.2, 0.25) is 0 Å². The van der Waals surface area contributed by atoms with Crippen molar-refractivity contribution in [2.24, 2.45) is 0 Å². The number of aliphatic carboxylic acids is 1. The van der Waals surface area contributed by atoms with Gasteiger partial charge in [0, 0.05) is 5.56 Å². The first-order valence-electron chi connectivity index (χ1n) is 5.12. The average molecular weight is 260 g/mol. The molecule has 1 aliphatic rings. The molecule has 2 N–H and O–H groups in total. The Labute approximate surface area is 97.0 Å². The number of hydrogen-bond donors (Lipinski definition) is 2. The van der Waals surface area contributed by atoms with Crippen LogP contribution < -0.4 is 5.56 Å². The molecule has 1 aromatic rings. The maximum Gasteiger partial charge on any atom is 0.305 e. The zero-order valence-corrected chi connectivity index (χ0v) is 9.79. The molecule has 2 heterocycles. The van der Waals surface area contributed by atoms with Crippen LogP contribution in [-0.2, 0) is 33.4 Å². The minimum Gasteiger partial charge on any atom is -0.481 e. The molecule has 0 atom stereocenters. The summed E-state index contributed by atoms with van der Waals surface area (Å²) in [5.41, 5.74) is 0.549. The zero-order chi connectivity index (χ0) is 12.6. The fraction of sp³-hybridized carbons (Fsp3) is 0.556. The fourth-order valence-electron chi connectivity index (χ4n) is 1.86. The summed E-state index contributed by atoms with van der Waals surface area (Å²) in [6.07, 6.45) is 0.0269. The van der Waals surface area contributed by atoms with Crippen LogP contribution in [0.3, 0.4) is 0 Å². The van der Waals surface area contributed by atoms with E-state index in [-0.39, 0.29) is 36.5 Å². The van der Waals surface area contributed by atoms with Crippen LogP contribution >= 0.6 is 0 Å². The highest BCUT2D eigenvalue weighted by Gasteiger charge is 2.26. The molecule has 2 rings (SSSR count). The normalized spacial score (nSPS) is 17.6. The topological polar surface area (TPSA) is 109 Å². The van der Waals surface area contributed by atoms with Gasteiger partial charge >= 0.3 is 5.97 Å². The molecule has 7 nitrogen and oxygen atoms in total. The summed E-state index contributed by atoms with van der Waals surface area (Å²) in [7, 11) is -3.13. The Kier molecular flexibility index (Phi) is 2.82. The number of sulfone groups is 1. The number of hydrogen-bond acceptors (Lipinski definition) is 4. The number of carboxylic acids is 1. The first-order chi connectivity index (χ1) is 7.89. The Morgan fingerprint density at radius 3 is 2.82 bits per heavy atom. The summed E-state index contributed by atoms with van der Waals surface area (Å²) >= 11 is 0. The van der Waals surface area contributed by atoms with Crippen molar-refractivity contribution >= 4 is 15.8 Å². The first kappa shape index (κ1) is 11.9. The van der Waals surface area contributed by atoms with E-state index in [9.17, 15) is 18.0 Å². The number of nitrogens with zero attached hydrogens (tertiary/aromatic N) is 1. The Balaban J connectivity index is 2.31. The van der Waals surface area contributed by atoms with Crippen LogP contribution in [0.1, 0.15) is 17.7 Å². The van der Waals surface area contributed by atoms with Crippen molar-refractivity contribution in [3.63, 3.8) is 0 Å². The quantitative estimate of drug-likeness (QED) is 0.733. The number of aromatic nitrogens is 2. The van der Waals surface area contributed by atoms with E-state index in [4.69, 9.17) is 5.11 Å². The molecule has 1 aromatic heterocycles. The summed E-state index contributed by atoms with van der Waals surface area (Å²) in [4.78, 5) is 22.2. The van der Waals surface area contributed by atoms with Crippen LogP contribution in [0, 0.1) is 0 Å². The number of carboxylic acid groups (broad SMARTS) is 1. The van der Waals surface area contributed by atoms with Gasteiger partial charge in [0.2, 0.25) is 0 Å². The number of rotatable bonds is 3. The summed E-state index contributed by atoms with van der Waals surface area (Å²) < 4.78 is 23.9. The molecule has 94 valence electrons. The minimum absolute atomic E-state index is 0.0218. The zero-order valence-electron chi connectivity index (χ0n) is 8.97. The van der Waals surface area contributed by atoms with Gasteiger partial charge in [-0.25, -0.2) is 8.42 Å². The minimum atomic E-state index is -3.13. The van der Waals surface area contributed by atoms with Gasteiger partial charge in [0.15, 0.2) is 9.84 Å². The average Bonchev–Trinajstić information content (AvgIpc) is 2.50. The lowest BCUT2D eigenvalue weighted by atomic mass is 10.2. The summed E-state index contributed by atoms with van der Waals surface area (Å²) in [6.45, 7) is 0.0290. The molecule has 0 aromatic carbocycles. The van der Waals surface area contributed by atoms with Crippen LogP contribution in [0.4, 0.5) is 0 Å². The molecule has 0 aliphatic carbocycles. The molecule has 17 heavy (non-hydrogen) atoms. The van der Waals surface area contributed by atoms with E-state index in [1.54, 1.807) is 0 Å². The standard InChI is InChI=1S/C9H12N2O5S/c12-8(13)1-3-11-9(14)6-2-4-17(15,16)5-7(6)10-11/h10H,1-5H2,(H,12,13). The summed E-state index contributed by atoms with van der Waals surface area (Å²) in [6, 6.07) is 0. The Morgan fingerprint density at radius 2 is 2.18 bits per heavy atom. The van der Waals surface area contributed by atoms with Crippen LogP contribution in [0.5, 0.6) is 0 Å². The molecule has 0 radical (unpaired) electrons. The van der Waals surface area contributed by atoms with Gasteiger partial charge in [0.1, 0.15) is 0 Å². The number of aryl methyl sites for hydroxylation is 1. The molecular weight excluding hydrogens is 248 g/mol. The van der Waals surface area contributed by atoms with Gasteiger partial charge in [-0.3, -0.25) is 19.4 Å². The van der Waals surface area contributed by atoms with Gasteiger partial charge in [-0.2, -0.15) is 0 Å². The third-order valence-corrected chi connectivity index (χ3v) is 4.27. The van der Waals surface area contributed by atoms with Crippen molar-refractivity contribution in [1.82, 2.24) is 9.78 Å². The highest BCUT2D eigenvalue weighted by Crippen LogP contribution is 2.15. The largest absolute Gasteiger partial charge is 0.481 e. The molecule has 0 fully saturated rings. The number of nitrogens with one attached hydrogen (secondary N) is 1. The number of carbonyl (C=O) groups is 1. The third-order valence-electron chi connectivity index (χ3n) is 2.71. The van der Waals surface area contributed by atoms with E-state index < -0.39 is 15.8 Å². The van der Waals surface area contributed by atoms with Crippen LogP contribution in [-0.4, -0.2) is 35.0 Å². The predicted molar refractivity (Wildman–Crippen MR) is 58.5 cm³/mol. The maximum atomic E-state index is 11.8. The van der Waals surface area contributed by atoms with Gasteiger partial charge in [-0.1, -0.05) is 0 Å². The van der Waals surface area contributed by atoms with Crippen LogP contribution in [0.15, 0.2) is 4.79 Å². The molecule has 0 saturated heterocycles. The van der Waals surface area contributed by atoms with Crippen molar-refractivity contribution in [3.05, 3.63) is 21.6 Å². The molecule has 1 aliphatic heterocycles. The van der Waals surface area contributed by atoms with Crippen molar-refractivity contribution in [2.45, 2.75) is 25.1 Å². The molecule has 8 heteroatoms. The summed E-state index contributed by atoms with van der Waals surface area (Å²) in [5, 5.41) is 11.2. The molecule has 0 saturated carbocycles. The molecule has 0 bridgehead atoms. The molecule has 0 spiro atoms. The maximum absolute atomic E-state index is 11.8. The smallest absolute Gasteiger partial charge is 0.305 e. The highest BCUT2D eigenvalue weighted by molar-refractivity contribution is 7.90. The second kappa shape index (κ2) is 4.02. The number of aromatic amines is 1. The van der Waals surface area contributed by atoms with Gasteiger partial charge in [-0.05, 0) is 6.42 Å². The SMILES string of the molecule is O=C(O)CCn1[nH]c2c(c1=O)CCS(=O)(=O)C2. The van der Waals surface area contributed by atoms with Gasteiger partial charge in [-0.15, -0.1) is 0 Å². The second-order valence-corrected chi connectivity index (χ2v) is 6.20. The summed E-state index contributed by atoms with van der Waals surface area (Å²) in [5.74, 6) is -1.19. The Bertz CT molecular complexity index is 610. The highest BCUT2D eigenvalue weighted by atomic mass is 32.2. The number of fused-ring (bicyclic) bond motifs is 1. The fourth-order valence-corrected chi connectivity index (χ4v) is 3.20. The Morgan fingerprint density at radius 1 is 1.47 bits per heavy atom. The van der Waals surface area contributed by atoms with E-state index in [2.05, 4.69) is 5.10 Å².